The lowest BCUT2D eigenvalue weighted by molar-refractivity contribution is 0.358. The summed E-state index contributed by atoms with van der Waals surface area (Å²) in [7, 11) is -4.52. The standard InChI is InChI=1S/C30H30N4O4S/c1-4-6-14-26-33-29(35)28(30(36)34(26)25(5-2)22-12-9-11-21(17-22)18-31)39(37,38)27-16-15-23(19-32-27)24-13-8-7-10-20(24)3/h7-13,15-17,19,25,36H,4-6,14H2,1-3H3/t25-/m0/s1. The van der Waals surface area contributed by atoms with Crippen LogP contribution in [0.4, 0.5) is 0 Å². The van der Waals surface area contributed by atoms with Crippen LogP contribution in [0.25, 0.3) is 11.1 Å². The molecule has 2 heterocycles. The number of nitriles is 1. The van der Waals surface area contributed by atoms with E-state index in [2.05, 4.69) is 16.0 Å². The highest BCUT2D eigenvalue weighted by molar-refractivity contribution is 7.91. The summed E-state index contributed by atoms with van der Waals surface area (Å²) in [4.78, 5) is 20.6. The Morgan fingerprint density at radius 2 is 1.85 bits per heavy atom. The Morgan fingerprint density at radius 3 is 2.49 bits per heavy atom. The zero-order chi connectivity index (χ0) is 28.2. The molecule has 0 spiro atoms. The average molecular weight is 543 g/mol. The minimum Gasteiger partial charge on any atom is -0.493 e. The van der Waals surface area contributed by atoms with Gasteiger partial charge in [0.15, 0.2) is 5.03 Å². The maximum Gasteiger partial charge on any atom is 0.296 e. The number of benzene rings is 2. The van der Waals surface area contributed by atoms with Gasteiger partial charge in [0, 0.05) is 18.2 Å². The van der Waals surface area contributed by atoms with Crippen LogP contribution in [0.2, 0.25) is 0 Å². The molecule has 0 amide bonds. The molecule has 200 valence electrons. The van der Waals surface area contributed by atoms with E-state index in [1.54, 1.807) is 30.3 Å². The van der Waals surface area contributed by atoms with E-state index in [1.807, 2.05) is 45.0 Å². The van der Waals surface area contributed by atoms with E-state index in [4.69, 9.17) is 0 Å². The highest BCUT2D eigenvalue weighted by atomic mass is 32.2. The van der Waals surface area contributed by atoms with Gasteiger partial charge in [-0.25, -0.2) is 13.4 Å². The number of rotatable bonds is 9. The number of aromatic nitrogens is 3. The summed E-state index contributed by atoms with van der Waals surface area (Å²) in [6.45, 7) is 5.81. The Morgan fingerprint density at radius 1 is 1.08 bits per heavy atom. The minimum atomic E-state index is -4.52. The van der Waals surface area contributed by atoms with E-state index in [1.165, 1.54) is 16.8 Å². The second-order valence-electron chi connectivity index (χ2n) is 9.32. The summed E-state index contributed by atoms with van der Waals surface area (Å²) >= 11 is 0. The molecule has 0 unspecified atom stereocenters. The molecular formula is C30H30N4O4S. The van der Waals surface area contributed by atoms with Gasteiger partial charge in [-0.1, -0.05) is 56.7 Å². The molecule has 0 radical (unpaired) electrons. The maximum atomic E-state index is 13.7. The van der Waals surface area contributed by atoms with Crippen LogP contribution in [0.1, 0.15) is 61.7 Å². The van der Waals surface area contributed by atoms with Gasteiger partial charge in [-0.05, 0) is 60.7 Å². The van der Waals surface area contributed by atoms with Crippen molar-refractivity contribution >= 4 is 9.84 Å². The first-order chi connectivity index (χ1) is 18.7. The third-order valence-corrected chi connectivity index (χ3v) is 8.41. The van der Waals surface area contributed by atoms with Gasteiger partial charge in [-0.2, -0.15) is 10.2 Å². The van der Waals surface area contributed by atoms with E-state index >= 15 is 0 Å². The molecule has 2 aromatic carbocycles. The van der Waals surface area contributed by atoms with E-state index in [-0.39, 0.29) is 10.9 Å². The van der Waals surface area contributed by atoms with Crippen molar-refractivity contribution in [3.63, 3.8) is 0 Å². The van der Waals surface area contributed by atoms with Crippen LogP contribution in [-0.4, -0.2) is 28.1 Å². The van der Waals surface area contributed by atoms with Gasteiger partial charge in [0.1, 0.15) is 5.82 Å². The third kappa shape index (κ3) is 5.47. The number of aryl methyl sites for hydroxylation is 2. The highest BCUT2D eigenvalue weighted by Crippen LogP contribution is 2.33. The van der Waals surface area contributed by atoms with Gasteiger partial charge in [0.05, 0.1) is 17.7 Å². The number of hydrogen-bond donors (Lipinski definition) is 1. The van der Waals surface area contributed by atoms with Gasteiger partial charge >= 0.3 is 0 Å². The van der Waals surface area contributed by atoms with Crippen LogP contribution in [0, 0.1) is 18.3 Å². The Hall–Kier alpha value is -4.29. The quantitative estimate of drug-likeness (QED) is 0.301. The molecule has 4 rings (SSSR count). The van der Waals surface area contributed by atoms with Gasteiger partial charge in [0.25, 0.3) is 5.56 Å². The van der Waals surface area contributed by atoms with Gasteiger partial charge in [0.2, 0.25) is 20.6 Å². The van der Waals surface area contributed by atoms with E-state index in [0.717, 1.165) is 23.1 Å². The Kier molecular flexibility index (Phi) is 8.27. The first kappa shape index (κ1) is 27.7. The molecule has 0 saturated carbocycles. The molecule has 0 fully saturated rings. The smallest absolute Gasteiger partial charge is 0.296 e. The zero-order valence-electron chi connectivity index (χ0n) is 22.1. The molecule has 1 N–H and O–H groups in total. The molecule has 0 bridgehead atoms. The second-order valence-corrected chi connectivity index (χ2v) is 11.2. The summed E-state index contributed by atoms with van der Waals surface area (Å²) < 4.78 is 28.8. The Bertz CT molecular complexity index is 1700. The van der Waals surface area contributed by atoms with E-state index in [9.17, 15) is 23.6 Å². The fourth-order valence-electron chi connectivity index (χ4n) is 4.71. The topological polar surface area (TPSA) is 126 Å². The number of unbranched alkanes of at least 4 members (excludes halogenated alkanes) is 1. The summed E-state index contributed by atoms with van der Waals surface area (Å²) in [5.74, 6) is -0.393. The van der Waals surface area contributed by atoms with Crippen molar-refractivity contribution in [2.24, 2.45) is 0 Å². The van der Waals surface area contributed by atoms with Crippen molar-refractivity contribution < 1.29 is 13.5 Å². The number of sulfone groups is 1. The molecule has 0 aliphatic heterocycles. The molecule has 9 heteroatoms. The highest BCUT2D eigenvalue weighted by Gasteiger charge is 2.32. The van der Waals surface area contributed by atoms with Crippen LogP contribution in [0.15, 0.2) is 81.6 Å². The minimum absolute atomic E-state index is 0.287. The van der Waals surface area contributed by atoms with Crippen LogP contribution >= 0.6 is 0 Å². The summed E-state index contributed by atoms with van der Waals surface area (Å²) in [6.07, 6.45) is 3.77. The molecule has 8 nitrogen and oxygen atoms in total. The molecule has 0 saturated heterocycles. The summed E-state index contributed by atoms with van der Waals surface area (Å²) in [5, 5.41) is 20.5. The van der Waals surface area contributed by atoms with Crippen molar-refractivity contribution in [1.29, 1.82) is 5.26 Å². The van der Waals surface area contributed by atoms with Gasteiger partial charge < -0.3 is 5.11 Å². The van der Waals surface area contributed by atoms with Crippen molar-refractivity contribution in [2.45, 2.75) is 62.4 Å². The molecule has 0 aliphatic carbocycles. The average Bonchev–Trinajstić information content (AvgIpc) is 2.94. The fourth-order valence-corrected chi connectivity index (χ4v) is 5.97. The molecular weight excluding hydrogens is 512 g/mol. The number of aromatic hydroxyl groups is 1. The van der Waals surface area contributed by atoms with Crippen molar-refractivity contribution in [1.82, 2.24) is 14.5 Å². The van der Waals surface area contributed by atoms with Crippen LogP contribution < -0.4 is 5.56 Å². The lowest BCUT2D eigenvalue weighted by Gasteiger charge is -2.25. The van der Waals surface area contributed by atoms with E-state index in [0.29, 0.717) is 30.4 Å². The predicted molar refractivity (Wildman–Crippen MR) is 148 cm³/mol. The zero-order valence-corrected chi connectivity index (χ0v) is 22.9. The molecule has 4 aromatic rings. The number of hydrogen-bond acceptors (Lipinski definition) is 7. The molecule has 0 aliphatic rings. The molecule has 2 aromatic heterocycles. The number of nitrogens with zero attached hydrogens (tertiary/aromatic N) is 4. The van der Waals surface area contributed by atoms with Crippen molar-refractivity contribution in [2.75, 3.05) is 0 Å². The van der Waals surface area contributed by atoms with Crippen LogP contribution in [0.3, 0.4) is 0 Å². The van der Waals surface area contributed by atoms with Crippen molar-refractivity contribution in [3.05, 3.63) is 99.7 Å². The van der Waals surface area contributed by atoms with Gasteiger partial charge in [-0.15, -0.1) is 0 Å². The second kappa shape index (κ2) is 11.6. The predicted octanol–water partition coefficient (Wildman–Crippen LogP) is 5.37. The van der Waals surface area contributed by atoms with Gasteiger partial charge in [-0.3, -0.25) is 9.36 Å². The fraction of sp³-hybridized carbons (Fsp3) is 0.267. The molecule has 1 atom stereocenters. The van der Waals surface area contributed by atoms with Crippen LogP contribution in [0.5, 0.6) is 5.88 Å². The Labute approximate surface area is 228 Å². The monoisotopic (exact) mass is 542 g/mol. The Balaban J connectivity index is 1.88. The van der Waals surface area contributed by atoms with Crippen LogP contribution in [-0.2, 0) is 16.3 Å². The van der Waals surface area contributed by atoms with Crippen molar-refractivity contribution in [3.8, 4) is 23.1 Å². The maximum absolute atomic E-state index is 13.7. The SMILES string of the molecule is CCCCc1nc(=O)c(S(=O)(=O)c2ccc(-c3ccccc3C)cn2)c(O)n1[C@@H](CC)c1cccc(C#N)c1. The summed E-state index contributed by atoms with van der Waals surface area (Å²) in [6, 6.07) is 19.1. The number of pyridine rings is 1. The normalized spacial score (nSPS) is 12.2. The summed E-state index contributed by atoms with van der Waals surface area (Å²) in [5.41, 5.74) is 2.74. The largest absolute Gasteiger partial charge is 0.493 e. The first-order valence-electron chi connectivity index (χ1n) is 12.8. The third-order valence-electron chi connectivity index (χ3n) is 6.72. The lowest BCUT2D eigenvalue weighted by atomic mass is 10.0. The molecule has 39 heavy (non-hydrogen) atoms. The lowest BCUT2D eigenvalue weighted by Crippen LogP contribution is -2.27. The van der Waals surface area contributed by atoms with E-state index < -0.39 is 32.2 Å². The first-order valence-corrected chi connectivity index (χ1v) is 14.3.